The number of allylic oxidation sites excluding steroid dienone is 5. The summed E-state index contributed by atoms with van der Waals surface area (Å²) in [7, 11) is 0. The Hall–Kier alpha value is -1.10. The highest BCUT2D eigenvalue weighted by atomic mass is 79.9. The van der Waals surface area contributed by atoms with Crippen LogP contribution in [0.5, 0.6) is 0 Å². The number of carbonyl (C=O) groups excluding carboxylic acids is 1. The summed E-state index contributed by atoms with van der Waals surface area (Å²) in [6, 6.07) is 0. The summed E-state index contributed by atoms with van der Waals surface area (Å²) in [6.07, 6.45) is 1.89. The van der Waals surface area contributed by atoms with Crippen molar-refractivity contribution in [2.24, 2.45) is 4.99 Å². The topological polar surface area (TPSA) is 29.4 Å². The van der Waals surface area contributed by atoms with Crippen LogP contribution in [0.15, 0.2) is 40.2 Å². The largest absolute Gasteiger partial charge is 0.270 e. The maximum absolute atomic E-state index is 13.4. The number of dihydropyridines is 1. The molecule has 0 bridgehead atoms. The van der Waals surface area contributed by atoms with E-state index in [1.54, 1.807) is 0 Å². The number of hydrogen-bond acceptors (Lipinski definition) is 1. The van der Waals surface area contributed by atoms with E-state index >= 15 is 0 Å². The summed E-state index contributed by atoms with van der Waals surface area (Å²) >= 11 is 3.18. The van der Waals surface area contributed by atoms with E-state index in [1.807, 2.05) is 0 Å². The molecule has 0 saturated heterocycles. The molecule has 0 fully saturated rings. The predicted octanol–water partition coefficient (Wildman–Crippen LogP) is 2.42. The summed E-state index contributed by atoms with van der Waals surface area (Å²) in [5.41, 5.74) is 0.980. The Balaban J connectivity index is 2.52. The zero-order valence-corrected chi connectivity index (χ0v) is 9.09. The molecule has 1 atom stereocenters. The Kier molecular flexibility index (Phi) is 2.65. The number of carbonyl (C=O) groups is 1. The fourth-order valence-electron chi connectivity index (χ4n) is 1.48. The number of hydrogen-bond donors (Lipinski definition) is 0. The van der Waals surface area contributed by atoms with Crippen molar-refractivity contribution in [3.8, 4) is 0 Å². The Morgan fingerprint density at radius 2 is 2.20 bits per heavy atom. The molecule has 78 valence electrons. The second kappa shape index (κ2) is 3.81. The normalized spacial score (nSPS) is 25.0. The third-order valence-corrected chi connectivity index (χ3v) is 2.79. The smallest absolute Gasteiger partial charge is 0.267 e. The number of amides is 1. The van der Waals surface area contributed by atoms with Crippen LogP contribution in [-0.4, -0.2) is 23.1 Å². The van der Waals surface area contributed by atoms with E-state index < -0.39 is 17.9 Å². The minimum Gasteiger partial charge on any atom is -0.267 e. The van der Waals surface area contributed by atoms with Crippen LogP contribution in [0.1, 0.15) is 0 Å². The minimum absolute atomic E-state index is 0.128. The first-order chi connectivity index (χ1) is 7.13. The van der Waals surface area contributed by atoms with E-state index in [-0.39, 0.29) is 5.71 Å². The first-order valence-electron chi connectivity index (χ1n) is 4.24. The van der Waals surface area contributed by atoms with Crippen LogP contribution >= 0.6 is 15.9 Å². The van der Waals surface area contributed by atoms with E-state index in [0.717, 1.165) is 6.08 Å². The molecule has 0 radical (unpaired) electrons. The van der Waals surface area contributed by atoms with Gasteiger partial charge in [-0.05, 0) is 11.6 Å². The first kappa shape index (κ1) is 10.4. The van der Waals surface area contributed by atoms with Gasteiger partial charge in [0.15, 0.2) is 6.17 Å². The molecule has 0 N–H and O–H groups in total. The van der Waals surface area contributed by atoms with Gasteiger partial charge in [-0.2, -0.15) is 0 Å². The van der Waals surface area contributed by atoms with Gasteiger partial charge in [0.05, 0.1) is 5.71 Å². The molecule has 0 saturated carbocycles. The Morgan fingerprint density at radius 1 is 1.47 bits per heavy atom. The molecule has 1 aliphatic carbocycles. The van der Waals surface area contributed by atoms with Gasteiger partial charge >= 0.3 is 0 Å². The number of aliphatic imine (C=N–C) groups is 1. The average molecular weight is 274 g/mol. The van der Waals surface area contributed by atoms with E-state index in [2.05, 4.69) is 20.9 Å². The second-order valence-electron chi connectivity index (χ2n) is 3.13. The Labute approximate surface area is 93.2 Å². The van der Waals surface area contributed by atoms with Crippen molar-refractivity contribution in [3.05, 3.63) is 35.2 Å². The Bertz CT molecular complexity index is 448. The fraction of sp³-hybridized carbons (Fsp3) is 0.200. The summed E-state index contributed by atoms with van der Waals surface area (Å²) in [6.45, 7) is 0. The van der Waals surface area contributed by atoms with Gasteiger partial charge in [0, 0.05) is 17.0 Å². The van der Waals surface area contributed by atoms with Gasteiger partial charge in [0.25, 0.3) is 5.91 Å². The zero-order chi connectivity index (χ0) is 11.0. The molecule has 15 heavy (non-hydrogen) atoms. The molecule has 0 spiro atoms. The van der Waals surface area contributed by atoms with Gasteiger partial charge in [0.2, 0.25) is 0 Å². The third-order valence-electron chi connectivity index (χ3n) is 2.19. The molecular formula is C10H6BrF2NO. The molecule has 1 amide bonds. The molecule has 0 aromatic carbocycles. The first-order valence-corrected chi connectivity index (χ1v) is 5.37. The molecule has 2 nitrogen and oxygen atoms in total. The van der Waals surface area contributed by atoms with Crippen molar-refractivity contribution in [1.82, 2.24) is 0 Å². The number of halogens is 3. The molecule has 5 heteroatoms. The molecule has 1 unspecified atom stereocenters. The van der Waals surface area contributed by atoms with Crippen molar-refractivity contribution >= 4 is 27.5 Å². The van der Waals surface area contributed by atoms with E-state index in [9.17, 15) is 13.6 Å². The lowest BCUT2D eigenvalue weighted by molar-refractivity contribution is -0.113. The van der Waals surface area contributed by atoms with Crippen LogP contribution < -0.4 is 0 Å². The summed E-state index contributed by atoms with van der Waals surface area (Å²) in [5, 5.41) is 0.409. The molecule has 0 aromatic heterocycles. The number of nitrogens with zero attached hydrogens (tertiary/aromatic N) is 1. The van der Waals surface area contributed by atoms with Gasteiger partial charge < -0.3 is 0 Å². The van der Waals surface area contributed by atoms with Crippen LogP contribution in [0.25, 0.3) is 0 Å². The van der Waals surface area contributed by atoms with Crippen LogP contribution in [-0.2, 0) is 4.79 Å². The van der Waals surface area contributed by atoms with Crippen molar-refractivity contribution in [3.63, 3.8) is 0 Å². The predicted molar refractivity (Wildman–Crippen MR) is 56.5 cm³/mol. The Morgan fingerprint density at radius 3 is 2.87 bits per heavy atom. The fourth-order valence-corrected chi connectivity index (χ4v) is 1.94. The summed E-state index contributed by atoms with van der Waals surface area (Å²) < 4.78 is 26.3. The lowest BCUT2D eigenvalue weighted by Gasteiger charge is -2.20. The summed E-state index contributed by atoms with van der Waals surface area (Å²) in [4.78, 5) is 14.6. The number of alkyl halides is 2. The monoisotopic (exact) mass is 273 g/mol. The van der Waals surface area contributed by atoms with Crippen molar-refractivity contribution in [1.29, 1.82) is 0 Å². The lowest BCUT2D eigenvalue weighted by Crippen LogP contribution is -2.27. The zero-order valence-electron chi connectivity index (χ0n) is 7.51. The number of rotatable bonds is 1. The third kappa shape index (κ3) is 1.71. The van der Waals surface area contributed by atoms with Gasteiger partial charge in [-0.3, -0.25) is 4.79 Å². The quantitative estimate of drug-likeness (QED) is 0.675. The molecule has 1 aliphatic heterocycles. The van der Waals surface area contributed by atoms with Crippen molar-refractivity contribution < 1.29 is 13.6 Å². The van der Waals surface area contributed by atoms with Gasteiger partial charge in [-0.15, -0.1) is 0 Å². The van der Waals surface area contributed by atoms with Crippen molar-refractivity contribution in [2.75, 3.05) is 5.33 Å². The van der Waals surface area contributed by atoms with Gasteiger partial charge in [-0.1, -0.05) is 22.0 Å². The molecule has 2 aliphatic rings. The van der Waals surface area contributed by atoms with Crippen LogP contribution in [0.4, 0.5) is 8.78 Å². The molecular weight excluding hydrogens is 268 g/mol. The van der Waals surface area contributed by atoms with E-state index in [1.165, 1.54) is 12.2 Å². The van der Waals surface area contributed by atoms with E-state index in [0.29, 0.717) is 16.5 Å². The van der Waals surface area contributed by atoms with Crippen LogP contribution in [0.2, 0.25) is 0 Å². The molecule has 0 aromatic rings. The van der Waals surface area contributed by atoms with Gasteiger partial charge in [0.1, 0.15) is 5.83 Å². The van der Waals surface area contributed by atoms with E-state index in [4.69, 9.17) is 0 Å². The highest BCUT2D eigenvalue weighted by Crippen LogP contribution is 2.29. The van der Waals surface area contributed by atoms with Crippen LogP contribution in [0.3, 0.4) is 0 Å². The van der Waals surface area contributed by atoms with Crippen LogP contribution in [0, 0.1) is 0 Å². The maximum atomic E-state index is 13.4. The minimum atomic E-state index is -1.92. The summed E-state index contributed by atoms with van der Waals surface area (Å²) in [5.74, 6) is -1.46. The van der Waals surface area contributed by atoms with Gasteiger partial charge in [-0.25, -0.2) is 13.8 Å². The van der Waals surface area contributed by atoms with Crippen molar-refractivity contribution in [2.45, 2.75) is 6.17 Å². The number of fused-ring (bicyclic) bond motifs is 1. The highest BCUT2D eigenvalue weighted by molar-refractivity contribution is 9.09. The standard InChI is InChI=1S/C10H6BrF2NO/c11-4-5-3-8(15)14-10-6(5)1-2-7(12)9(10)13/h1-3,9H,4H2. The SMILES string of the molecule is O=C1C=C(CBr)C2=CC=C(F)C(F)C2=N1. The molecule has 1 heterocycles. The second-order valence-corrected chi connectivity index (χ2v) is 3.69. The lowest BCUT2D eigenvalue weighted by atomic mass is 9.92. The average Bonchev–Trinajstić information content (AvgIpc) is 2.23. The maximum Gasteiger partial charge on any atom is 0.270 e. The highest BCUT2D eigenvalue weighted by Gasteiger charge is 2.31. The molecule has 2 rings (SSSR count).